The molecule has 2 rings (SSSR count). The van der Waals surface area contributed by atoms with Gasteiger partial charge in [-0.2, -0.15) is 10.1 Å². The third-order valence-electron chi connectivity index (χ3n) is 7.06. The van der Waals surface area contributed by atoms with Gasteiger partial charge in [-0.3, -0.25) is 9.63 Å². The van der Waals surface area contributed by atoms with E-state index in [9.17, 15) is 14.8 Å². The second kappa shape index (κ2) is 8.96. The molecule has 2 atom stereocenters. The van der Waals surface area contributed by atoms with Gasteiger partial charge in [0, 0.05) is 16.6 Å². The van der Waals surface area contributed by atoms with Crippen molar-refractivity contribution >= 4 is 11.9 Å². The highest BCUT2D eigenvalue weighted by Crippen LogP contribution is 2.41. The Balaban J connectivity index is 2.13. The summed E-state index contributed by atoms with van der Waals surface area (Å²) >= 11 is 0. The summed E-state index contributed by atoms with van der Waals surface area (Å²) in [5.74, 6) is -1.77. The quantitative estimate of drug-likeness (QED) is 0.623. The maximum Gasteiger partial charge on any atom is 0.349 e. The van der Waals surface area contributed by atoms with E-state index in [-0.39, 0.29) is 17.7 Å². The smallest absolute Gasteiger partial charge is 0.349 e. The van der Waals surface area contributed by atoms with Crippen LogP contribution in [0.5, 0.6) is 0 Å². The fraction of sp³-hybridized carbons (Fsp3) is 0.913. The number of rotatable bonds is 6. The highest BCUT2D eigenvalue weighted by atomic mass is 16.7. The molecule has 1 N–H and O–H groups in total. The van der Waals surface area contributed by atoms with Crippen molar-refractivity contribution in [3.63, 3.8) is 0 Å². The summed E-state index contributed by atoms with van der Waals surface area (Å²) in [4.78, 5) is 31.6. The van der Waals surface area contributed by atoms with E-state index < -0.39 is 35.0 Å². The van der Waals surface area contributed by atoms with Gasteiger partial charge in [-0.15, -0.1) is 0 Å². The van der Waals surface area contributed by atoms with Gasteiger partial charge in [0.25, 0.3) is 0 Å². The number of piperidine rings is 2. The highest BCUT2D eigenvalue weighted by molar-refractivity contribution is 5.81. The van der Waals surface area contributed by atoms with Crippen molar-refractivity contribution in [2.45, 2.75) is 116 Å². The minimum Gasteiger partial charge on any atom is -0.466 e. The predicted molar refractivity (Wildman–Crippen MR) is 116 cm³/mol. The van der Waals surface area contributed by atoms with Crippen molar-refractivity contribution in [2.75, 3.05) is 13.7 Å². The number of hydroxylamine groups is 4. The largest absolute Gasteiger partial charge is 0.466 e. The molecule has 2 aliphatic heterocycles. The van der Waals surface area contributed by atoms with Gasteiger partial charge in [-0.1, -0.05) is 0 Å². The first kappa shape index (κ1) is 26.0. The van der Waals surface area contributed by atoms with Crippen LogP contribution >= 0.6 is 0 Å². The van der Waals surface area contributed by atoms with Gasteiger partial charge in [-0.25, -0.2) is 4.79 Å². The van der Waals surface area contributed by atoms with Crippen LogP contribution in [0.15, 0.2) is 0 Å². The molecule has 2 heterocycles. The summed E-state index contributed by atoms with van der Waals surface area (Å²) in [5, 5.41) is 13.8. The van der Waals surface area contributed by atoms with Crippen LogP contribution in [-0.2, 0) is 23.9 Å². The fourth-order valence-corrected chi connectivity index (χ4v) is 5.26. The molecule has 2 saturated heterocycles. The van der Waals surface area contributed by atoms with E-state index in [0.717, 1.165) is 19.3 Å². The van der Waals surface area contributed by atoms with Crippen LogP contribution < -0.4 is 0 Å². The number of methoxy groups -OCH3 is 1. The number of ether oxygens (including phenoxy) is 2. The minimum absolute atomic E-state index is 0.118. The zero-order valence-corrected chi connectivity index (χ0v) is 20.8. The van der Waals surface area contributed by atoms with Crippen LogP contribution in [0.3, 0.4) is 0 Å². The third kappa shape index (κ3) is 5.41. The first-order valence-corrected chi connectivity index (χ1v) is 11.3. The van der Waals surface area contributed by atoms with Crippen LogP contribution in [0, 0.1) is 5.92 Å². The molecule has 8 heteroatoms. The lowest BCUT2D eigenvalue weighted by Crippen LogP contribution is -2.63. The Morgan fingerprint density at radius 3 is 2.03 bits per heavy atom. The summed E-state index contributed by atoms with van der Waals surface area (Å²) in [6.45, 7) is 15.8. The number of nitrogens with zero attached hydrogens (tertiary/aromatic N) is 2. The molecule has 0 radical (unpaired) electrons. The van der Waals surface area contributed by atoms with Gasteiger partial charge < -0.3 is 14.7 Å². The van der Waals surface area contributed by atoms with Gasteiger partial charge in [0.2, 0.25) is 6.10 Å². The van der Waals surface area contributed by atoms with Crippen molar-refractivity contribution in [1.29, 1.82) is 0 Å². The van der Waals surface area contributed by atoms with Gasteiger partial charge in [0.05, 0.1) is 18.6 Å². The number of hydrogen-bond donors (Lipinski definition) is 1. The molecule has 31 heavy (non-hydrogen) atoms. The summed E-state index contributed by atoms with van der Waals surface area (Å²) in [6, 6.07) is 0. The van der Waals surface area contributed by atoms with Gasteiger partial charge in [0.1, 0.15) is 6.61 Å². The maximum atomic E-state index is 13.1. The third-order valence-corrected chi connectivity index (χ3v) is 7.06. The Morgan fingerprint density at radius 1 is 0.968 bits per heavy atom. The highest BCUT2D eigenvalue weighted by Gasteiger charge is 2.51. The van der Waals surface area contributed by atoms with Crippen LogP contribution in [0.1, 0.15) is 87.5 Å². The Bertz CT molecular complexity index is 657. The standard InChI is InChI=1S/C23H42N2O6/c1-20(2)14-11-16(23(7,8)24(20)28)18(26)31-17(19(27)29-9)15-30-25-21(3,4)12-10-13-22(25,5)6/h16-17,28H,10-15H2,1-9H3. The predicted octanol–water partition coefficient (Wildman–Crippen LogP) is 3.70. The molecule has 0 amide bonds. The van der Waals surface area contributed by atoms with Crippen LogP contribution in [-0.4, -0.2) is 69.2 Å². The molecular formula is C23H42N2O6. The molecule has 0 aliphatic carbocycles. The van der Waals surface area contributed by atoms with E-state index in [1.54, 1.807) is 0 Å². The van der Waals surface area contributed by atoms with Gasteiger partial charge >= 0.3 is 11.9 Å². The number of esters is 2. The fourth-order valence-electron chi connectivity index (χ4n) is 5.26. The molecule has 8 nitrogen and oxygen atoms in total. The van der Waals surface area contributed by atoms with Gasteiger partial charge in [0.15, 0.2) is 0 Å². The molecule has 0 spiro atoms. The van der Waals surface area contributed by atoms with Crippen molar-refractivity contribution in [3.05, 3.63) is 0 Å². The lowest BCUT2D eigenvalue weighted by atomic mass is 9.74. The topological polar surface area (TPSA) is 88.5 Å². The van der Waals surface area contributed by atoms with Crippen molar-refractivity contribution in [3.8, 4) is 0 Å². The van der Waals surface area contributed by atoms with E-state index in [0.29, 0.717) is 12.8 Å². The lowest BCUT2D eigenvalue weighted by Gasteiger charge is -2.52. The molecule has 0 saturated carbocycles. The zero-order chi connectivity index (χ0) is 23.8. The molecule has 0 bridgehead atoms. The summed E-state index contributed by atoms with van der Waals surface area (Å²) in [5.41, 5.74) is -1.70. The minimum atomic E-state index is -1.18. The SMILES string of the molecule is COC(=O)C(CON1C(C)(C)CCCC1(C)C)OC(=O)C1CCC(C)(C)N(O)C1(C)C. The lowest BCUT2D eigenvalue weighted by molar-refractivity contribution is -0.291. The summed E-state index contributed by atoms with van der Waals surface area (Å²) in [7, 11) is 1.26. The van der Waals surface area contributed by atoms with E-state index in [2.05, 4.69) is 27.7 Å². The molecule has 0 aromatic rings. The monoisotopic (exact) mass is 442 g/mol. The Kier molecular flexibility index (Phi) is 7.53. The van der Waals surface area contributed by atoms with Crippen LogP contribution in [0.2, 0.25) is 0 Å². The maximum absolute atomic E-state index is 13.1. The van der Waals surface area contributed by atoms with Crippen LogP contribution in [0.4, 0.5) is 0 Å². The molecule has 0 aromatic carbocycles. The Hall–Kier alpha value is -1.22. The molecule has 2 aliphatic rings. The number of carbonyl (C=O) groups excluding carboxylic acids is 2. The average Bonchev–Trinajstić information content (AvgIpc) is 2.63. The molecular weight excluding hydrogens is 400 g/mol. The Labute approximate surface area is 187 Å². The van der Waals surface area contributed by atoms with Gasteiger partial charge in [-0.05, 0) is 87.5 Å². The van der Waals surface area contributed by atoms with Crippen molar-refractivity contribution in [1.82, 2.24) is 10.1 Å². The molecule has 180 valence electrons. The number of hydrogen-bond acceptors (Lipinski definition) is 8. The summed E-state index contributed by atoms with van der Waals surface area (Å²) in [6.07, 6.45) is 3.04. The van der Waals surface area contributed by atoms with Crippen LogP contribution in [0.25, 0.3) is 0 Å². The molecule has 2 fully saturated rings. The summed E-state index contributed by atoms with van der Waals surface area (Å²) < 4.78 is 10.5. The van der Waals surface area contributed by atoms with E-state index in [1.165, 1.54) is 12.2 Å². The second-order valence-electron chi connectivity index (χ2n) is 11.4. The van der Waals surface area contributed by atoms with E-state index >= 15 is 0 Å². The normalized spacial score (nSPS) is 28.5. The van der Waals surface area contributed by atoms with Crippen molar-refractivity contribution in [2.24, 2.45) is 5.92 Å². The first-order valence-electron chi connectivity index (χ1n) is 11.3. The van der Waals surface area contributed by atoms with E-state index in [4.69, 9.17) is 14.3 Å². The Morgan fingerprint density at radius 2 is 1.52 bits per heavy atom. The second-order valence-corrected chi connectivity index (χ2v) is 11.4. The average molecular weight is 443 g/mol. The number of carbonyl (C=O) groups is 2. The van der Waals surface area contributed by atoms with Crippen molar-refractivity contribution < 1.29 is 29.1 Å². The molecule has 2 unspecified atom stereocenters. The first-order chi connectivity index (χ1) is 14.1. The zero-order valence-electron chi connectivity index (χ0n) is 20.8. The molecule has 0 aromatic heterocycles. The van der Waals surface area contributed by atoms with E-state index in [1.807, 2.05) is 32.8 Å².